The molecule has 0 spiro atoms. The zero-order valence-electron chi connectivity index (χ0n) is 12.3. The van der Waals surface area contributed by atoms with E-state index in [-0.39, 0.29) is 0 Å². The summed E-state index contributed by atoms with van der Waals surface area (Å²) in [4.78, 5) is 0. The number of nitrogens with zero attached hydrogens (tertiary/aromatic N) is 1. The van der Waals surface area contributed by atoms with Crippen LogP contribution in [-0.4, -0.2) is 0 Å². The molecule has 96 valence electrons. The van der Waals surface area contributed by atoms with Crippen LogP contribution in [-0.2, 0) is 0 Å². The average molecular weight is 249 g/mol. The van der Waals surface area contributed by atoms with Crippen LogP contribution in [0.2, 0.25) is 0 Å². The van der Waals surface area contributed by atoms with Crippen molar-refractivity contribution in [2.45, 2.75) is 34.6 Å². The molecule has 2 aromatic carbocycles. The molecule has 2 rings (SSSR count). The first-order valence-corrected chi connectivity index (χ1v) is 6.53. The molecule has 2 aromatic rings. The Morgan fingerprint density at radius 3 is 1.63 bits per heavy atom. The quantitative estimate of drug-likeness (QED) is 0.714. The van der Waals surface area contributed by atoms with Crippen molar-refractivity contribution in [3.63, 3.8) is 0 Å². The Morgan fingerprint density at radius 1 is 0.737 bits per heavy atom. The Hall–Kier alpha value is -2.07. The summed E-state index contributed by atoms with van der Waals surface area (Å²) in [5.41, 5.74) is 9.29. The third kappa shape index (κ3) is 2.39. The summed E-state index contributed by atoms with van der Waals surface area (Å²) < 4.78 is 0. The molecule has 0 heterocycles. The van der Waals surface area contributed by atoms with Gasteiger partial charge in [-0.15, -0.1) is 0 Å². The topological polar surface area (TPSA) is 23.8 Å². The largest absolute Gasteiger partial charge is 0.192 e. The van der Waals surface area contributed by atoms with E-state index in [1.54, 1.807) is 0 Å². The molecule has 0 radical (unpaired) electrons. The third-order valence-corrected chi connectivity index (χ3v) is 3.61. The summed E-state index contributed by atoms with van der Waals surface area (Å²) >= 11 is 0. The number of hydrogen-bond donors (Lipinski definition) is 0. The highest BCUT2D eigenvalue weighted by Crippen LogP contribution is 2.31. The molecule has 0 saturated heterocycles. The molecule has 0 aliphatic carbocycles. The van der Waals surface area contributed by atoms with Crippen molar-refractivity contribution >= 4 is 0 Å². The number of nitriles is 1. The Bertz CT molecular complexity index is 641. The van der Waals surface area contributed by atoms with Crippen LogP contribution < -0.4 is 0 Å². The van der Waals surface area contributed by atoms with Gasteiger partial charge < -0.3 is 0 Å². The molecule has 0 saturated carbocycles. The van der Waals surface area contributed by atoms with E-state index in [2.05, 4.69) is 51.1 Å². The van der Waals surface area contributed by atoms with Gasteiger partial charge in [0.2, 0.25) is 0 Å². The lowest BCUT2D eigenvalue weighted by Gasteiger charge is -2.14. The molecule has 1 heteroatoms. The second-order valence-corrected chi connectivity index (χ2v) is 5.37. The van der Waals surface area contributed by atoms with E-state index >= 15 is 0 Å². The third-order valence-electron chi connectivity index (χ3n) is 3.61. The Labute approximate surface area is 115 Å². The van der Waals surface area contributed by atoms with E-state index in [1.807, 2.05) is 13.8 Å². The van der Waals surface area contributed by atoms with Gasteiger partial charge in [-0.1, -0.05) is 29.8 Å². The first-order chi connectivity index (χ1) is 8.93. The molecule has 0 amide bonds. The predicted octanol–water partition coefficient (Wildman–Crippen LogP) is 4.77. The van der Waals surface area contributed by atoms with Crippen LogP contribution in [0.1, 0.15) is 33.4 Å². The minimum Gasteiger partial charge on any atom is -0.192 e. The van der Waals surface area contributed by atoms with Gasteiger partial charge in [-0.25, -0.2) is 0 Å². The van der Waals surface area contributed by atoms with Gasteiger partial charge in [0.1, 0.15) is 0 Å². The normalized spacial score (nSPS) is 10.3. The van der Waals surface area contributed by atoms with E-state index in [1.165, 1.54) is 27.8 Å². The van der Waals surface area contributed by atoms with Crippen molar-refractivity contribution < 1.29 is 0 Å². The predicted molar refractivity (Wildman–Crippen MR) is 80.3 cm³/mol. The highest BCUT2D eigenvalue weighted by Gasteiger charge is 2.10. The molecule has 0 atom stereocenters. The second kappa shape index (κ2) is 4.90. The Kier molecular flexibility index (Phi) is 3.44. The number of benzene rings is 2. The summed E-state index contributed by atoms with van der Waals surface area (Å²) in [7, 11) is 0. The summed E-state index contributed by atoms with van der Waals surface area (Å²) in [6.07, 6.45) is 0. The van der Waals surface area contributed by atoms with E-state index in [0.29, 0.717) is 0 Å². The minimum absolute atomic E-state index is 0.797. The number of aryl methyl sites for hydroxylation is 5. The fraction of sp³-hybridized carbons (Fsp3) is 0.278. The lowest BCUT2D eigenvalue weighted by atomic mass is 9.90. The van der Waals surface area contributed by atoms with Gasteiger partial charge >= 0.3 is 0 Å². The van der Waals surface area contributed by atoms with E-state index in [4.69, 9.17) is 5.26 Å². The summed E-state index contributed by atoms with van der Waals surface area (Å²) in [6, 6.07) is 11.0. The molecule has 0 aromatic heterocycles. The smallest absolute Gasteiger partial charge is 0.0997 e. The van der Waals surface area contributed by atoms with Crippen LogP contribution in [0.4, 0.5) is 0 Å². The van der Waals surface area contributed by atoms with Crippen LogP contribution in [0.25, 0.3) is 11.1 Å². The summed E-state index contributed by atoms with van der Waals surface area (Å²) in [5, 5.41) is 9.16. The molecule has 0 unspecified atom stereocenters. The maximum Gasteiger partial charge on any atom is 0.0997 e. The second-order valence-electron chi connectivity index (χ2n) is 5.37. The molecule has 0 aliphatic rings. The molecular weight excluding hydrogens is 230 g/mol. The van der Waals surface area contributed by atoms with Crippen LogP contribution in [0.3, 0.4) is 0 Å². The molecule has 0 aliphatic heterocycles. The van der Waals surface area contributed by atoms with Crippen molar-refractivity contribution in [3.8, 4) is 17.2 Å². The van der Waals surface area contributed by atoms with Crippen molar-refractivity contribution in [2.24, 2.45) is 0 Å². The van der Waals surface area contributed by atoms with Gasteiger partial charge in [-0.3, -0.25) is 0 Å². The SMILES string of the molecule is Cc1cc(C)c(-c2cc(C)c(C#N)c(C)c2)c(C)c1. The van der Waals surface area contributed by atoms with Crippen LogP contribution in [0, 0.1) is 45.9 Å². The standard InChI is InChI=1S/C18H19N/c1-11-6-14(4)18(15(5)7-11)16-8-12(2)17(10-19)13(3)9-16/h6-9H,1-5H3. The van der Waals surface area contributed by atoms with Crippen LogP contribution >= 0.6 is 0 Å². The highest BCUT2D eigenvalue weighted by atomic mass is 14.3. The molecule has 0 N–H and O–H groups in total. The van der Waals surface area contributed by atoms with Gasteiger partial charge in [0, 0.05) is 0 Å². The zero-order chi connectivity index (χ0) is 14.2. The average Bonchev–Trinajstić information content (AvgIpc) is 2.26. The lowest BCUT2D eigenvalue weighted by molar-refractivity contribution is 1.29. The summed E-state index contributed by atoms with van der Waals surface area (Å²) in [6.45, 7) is 10.4. The van der Waals surface area contributed by atoms with E-state index < -0.39 is 0 Å². The molecular formula is C18H19N. The Morgan fingerprint density at radius 2 is 1.21 bits per heavy atom. The maximum atomic E-state index is 9.16. The first kappa shape index (κ1) is 13.4. The lowest BCUT2D eigenvalue weighted by Crippen LogP contribution is -1.94. The highest BCUT2D eigenvalue weighted by molar-refractivity contribution is 5.73. The van der Waals surface area contributed by atoms with E-state index in [0.717, 1.165) is 16.7 Å². The van der Waals surface area contributed by atoms with Crippen molar-refractivity contribution in [2.75, 3.05) is 0 Å². The number of rotatable bonds is 1. The number of hydrogen-bond acceptors (Lipinski definition) is 1. The fourth-order valence-electron chi connectivity index (χ4n) is 2.92. The fourth-order valence-corrected chi connectivity index (χ4v) is 2.92. The van der Waals surface area contributed by atoms with Crippen LogP contribution in [0.5, 0.6) is 0 Å². The molecule has 0 fully saturated rings. The van der Waals surface area contributed by atoms with Crippen molar-refractivity contribution in [3.05, 3.63) is 57.6 Å². The van der Waals surface area contributed by atoms with Gasteiger partial charge in [-0.05, 0) is 68.0 Å². The molecule has 19 heavy (non-hydrogen) atoms. The Balaban J connectivity index is 2.71. The minimum atomic E-state index is 0.797. The monoisotopic (exact) mass is 249 g/mol. The zero-order valence-corrected chi connectivity index (χ0v) is 12.3. The molecule has 1 nitrogen and oxygen atoms in total. The van der Waals surface area contributed by atoms with Gasteiger partial charge in [-0.2, -0.15) is 5.26 Å². The molecule has 0 bridgehead atoms. The van der Waals surface area contributed by atoms with Crippen molar-refractivity contribution in [1.29, 1.82) is 5.26 Å². The van der Waals surface area contributed by atoms with Gasteiger partial charge in [0.15, 0.2) is 0 Å². The maximum absolute atomic E-state index is 9.16. The van der Waals surface area contributed by atoms with E-state index in [9.17, 15) is 0 Å². The van der Waals surface area contributed by atoms with Gasteiger partial charge in [0.25, 0.3) is 0 Å². The summed E-state index contributed by atoms with van der Waals surface area (Å²) in [5.74, 6) is 0. The van der Waals surface area contributed by atoms with Crippen molar-refractivity contribution in [1.82, 2.24) is 0 Å². The first-order valence-electron chi connectivity index (χ1n) is 6.53. The van der Waals surface area contributed by atoms with Crippen LogP contribution in [0.15, 0.2) is 24.3 Å². The van der Waals surface area contributed by atoms with Gasteiger partial charge in [0.05, 0.1) is 11.6 Å².